The number of pyridine rings is 1. The van der Waals surface area contributed by atoms with Gasteiger partial charge in [-0.2, -0.15) is 5.26 Å². The molecule has 190 valence electrons. The Balaban J connectivity index is 0.00000336. The molecule has 0 spiro atoms. The number of hydrogen-bond acceptors (Lipinski definition) is 9. The van der Waals surface area contributed by atoms with Crippen LogP contribution in [0.1, 0.15) is 24.7 Å². The lowest BCUT2D eigenvalue weighted by Crippen LogP contribution is -2.03. The smallest absolute Gasteiger partial charge is 0.248 e. The normalized spacial score (nSPS) is 11.3. The predicted molar refractivity (Wildman–Crippen MR) is 143 cm³/mol. The molecule has 5 rings (SSSR count). The van der Waals surface area contributed by atoms with E-state index in [9.17, 15) is 8.42 Å². The van der Waals surface area contributed by atoms with Gasteiger partial charge in [0.05, 0.1) is 27.2 Å². The number of aromatic nitrogens is 6. The second kappa shape index (κ2) is 10.8. The third-order valence-electron chi connectivity index (χ3n) is 5.25. The van der Waals surface area contributed by atoms with Crippen LogP contribution in [-0.4, -0.2) is 44.6 Å². The van der Waals surface area contributed by atoms with Crippen LogP contribution in [0.25, 0.3) is 40.8 Å². The van der Waals surface area contributed by atoms with Gasteiger partial charge in [-0.3, -0.25) is 9.55 Å². The fraction of sp³-hybridized carbons (Fsp3) is 0.0769. The maximum atomic E-state index is 11.8. The molecule has 0 N–H and O–H groups in total. The van der Waals surface area contributed by atoms with E-state index in [4.69, 9.17) is 21.3 Å². The van der Waals surface area contributed by atoms with E-state index < -0.39 is 9.84 Å². The molecule has 0 bridgehead atoms. The van der Waals surface area contributed by atoms with E-state index >= 15 is 0 Å². The van der Waals surface area contributed by atoms with E-state index in [0.29, 0.717) is 45.1 Å². The molecule has 3 aromatic heterocycles. The quantitative estimate of drug-likeness (QED) is 0.284. The van der Waals surface area contributed by atoms with E-state index in [0.717, 1.165) is 6.26 Å². The van der Waals surface area contributed by atoms with Crippen molar-refractivity contribution in [1.29, 1.82) is 5.26 Å². The third kappa shape index (κ3) is 5.36. The lowest BCUT2D eigenvalue weighted by Gasteiger charge is -2.10. The van der Waals surface area contributed by atoms with Crippen molar-refractivity contribution >= 4 is 33.6 Å². The first-order valence-electron chi connectivity index (χ1n) is 10.7. The zero-order valence-corrected chi connectivity index (χ0v) is 20.7. The van der Waals surface area contributed by atoms with Gasteiger partial charge in [-0.1, -0.05) is 31.2 Å². The highest BCUT2D eigenvalue weighted by molar-refractivity contribution is 7.90. The summed E-state index contributed by atoms with van der Waals surface area (Å²) < 4.78 is 31.1. The largest absolute Gasteiger partial charge is 0.417 e. The molecule has 0 aliphatic rings. The van der Waals surface area contributed by atoms with E-state index in [1.165, 1.54) is 12.3 Å². The van der Waals surface area contributed by atoms with E-state index in [2.05, 4.69) is 31.4 Å². The average Bonchev–Trinajstić information content (AvgIpc) is 3.55. The van der Waals surface area contributed by atoms with Gasteiger partial charge in [0.25, 0.3) is 0 Å². The van der Waals surface area contributed by atoms with Gasteiger partial charge in [0, 0.05) is 24.1 Å². The Morgan fingerprint density at radius 3 is 2.39 bits per heavy atom. The maximum Gasteiger partial charge on any atom is 0.248 e. The molecule has 2 aromatic carbocycles. The highest BCUT2D eigenvalue weighted by atomic mass is 35.5. The zero-order valence-electron chi connectivity index (χ0n) is 19.1. The van der Waals surface area contributed by atoms with Crippen molar-refractivity contribution in [1.82, 2.24) is 29.9 Å². The molecule has 3 heterocycles. The number of nitrogens with zero attached hydrogens (tertiary/aromatic N) is 7. The molecular formula is C26H20ClN7O3S. The van der Waals surface area contributed by atoms with Crippen LogP contribution in [0, 0.1) is 11.3 Å². The molecule has 38 heavy (non-hydrogen) atoms. The minimum Gasteiger partial charge on any atom is -0.417 e. The van der Waals surface area contributed by atoms with Crippen LogP contribution in [-0.2, 0) is 9.84 Å². The highest BCUT2D eigenvalue weighted by Crippen LogP contribution is 2.28. The van der Waals surface area contributed by atoms with Crippen molar-refractivity contribution in [2.24, 2.45) is 0 Å². The van der Waals surface area contributed by atoms with Gasteiger partial charge in [-0.15, -0.1) is 20.4 Å². The van der Waals surface area contributed by atoms with Crippen LogP contribution in [0.2, 0.25) is 5.02 Å². The van der Waals surface area contributed by atoms with E-state index in [-0.39, 0.29) is 18.2 Å². The van der Waals surface area contributed by atoms with Crippen LogP contribution in [0.5, 0.6) is 0 Å². The van der Waals surface area contributed by atoms with Crippen LogP contribution >= 0.6 is 11.6 Å². The summed E-state index contributed by atoms with van der Waals surface area (Å²) in [5.74, 6) is 1.28. The van der Waals surface area contributed by atoms with Gasteiger partial charge < -0.3 is 4.42 Å². The molecule has 0 radical (unpaired) electrons. The molecule has 5 aromatic rings. The van der Waals surface area contributed by atoms with E-state index in [1.807, 2.05) is 6.07 Å². The molecule has 12 heteroatoms. The predicted octanol–water partition coefficient (Wildman–Crippen LogP) is 5.11. The van der Waals surface area contributed by atoms with Gasteiger partial charge in [-0.25, -0.2) is 8.42 Å². The molecule has 0 unspecified atom stereocenters. The van der Waals surface area contributed by atoms with Gasteiger partial charge in [0.15, 0.2) is 21.5 Å². The first-order valence-corrected chi connectivity index (χ1v) is 13.0. The second-order valence-corrected chi connectivity index (χ2v) is 10.2. The van der Waals surface area contributed by atoms with Crippen molar-refractivity contribution in [3.05, 3.63) is 89.2 Å². The van der Waals surface area contributed by atoms with Crippen molar-refractivity contribution in [3.63, 3.8) is 0 Å². The fourth-order valence-corrected chi connectivity index (χ4v) is 4.20. The summed E-state index contributed by atoms with van der Waals surface area (Å²) in [6, 6.07) is 19.0. The Labute approximate surface area is 223 Å². The summed E-state index contributed by atoms with van der Waals surface area (Å²) in [5.41, 5.74) is 2.21. The zero-order chi connectivity index (χ0) is 26.0. The standard InChI is InChI=1S/C25H16ClN7O3S.CH4/c1-37(34,35)18-10-11-20(28-15-18)24-31-29-22(33(24)21-5-3-2-4-19(21)26)12-13-23-30-32-25(36-23)17-8-6-16(14-27)7-9-17;/h2-13,15H,1H3;1H4/b13-12+;. The number of halogens is 1. The maximum absolute atomic E-state index is 11.8. The van der Waals surface area contributed by atoms with Crippen LogP contribution < -0.4 is 0 Å². The van der Waals surface area contributed by atoms with Crippen molar-refractivity contribution in [3.8, 4) is 34.7 Å². The SMILES string of the molecule is C.CS(=O)(=O)c1ccc(-c2nnc(/C=C/c3nnc(-c4ccc(C#N)cc4)o3)n2-c2ccccc2Cl)nc1. The van der Waals surface area contributed by atoms with Crippen molar-refractivity contribution in [2.75, 3.05) is 6.26 Å². The number of para-hydroxylation sites is 1. The molecule has 0 amide bonds. The fourth-order valence-electron chi connectivity index (χ4n) is 3.42. The summed E-state index contributed by atoms with van der Waals surface area (Å²) in [6.45, 7) is 0. The lowest BCUT2D eigenvalue weighted by atomic mass is 10.1. The molecule has 0 saturated heterocycles. The molecular weight excluding hydrogens is 526 g/mol. The Morgan fingerprint density at radius 2 is 1.74 bits per heavy atom. The molecule has 0 atom stereocenters. The topological polar surface area (TPSA) is 140 Å². The van der Waals surface area contributed by atoms with Crippen molar-refractivity contribution < 1.29 is 12.8 Å². The minimum absolute atomic E-state index is 0. The Morgan fingerprint density at radius 1 is 0.974 bits per heavy atom. The van der Waals surface area contributed by atoms with Crippen molar-refractivity contribution in [2.45, 2.75) is 12.3 Å². The average molecular weight is 546 g/mol. The second-order valence-electron chi connectivity index (χ2n) is 7.79. The van der Waals surface area contributed by atoms with Crippen LogP contribution in [0.3, 0.4) is 0 Å². The number of hydrogen-bond donors (Lipinski definition) is 0. The Hall–Kier alpha value is -4.66. The first kappa shape index (κ1) is 26.4. The van der Waals surface area contributed by atoms with Crippen LogP contribution in [0.4, 0.5) is 0 Å². The Kier molecular flexibility index (Phi) is 7.47. The lowest BCUT2D eigenvalue weighted by molar-refractivity contribution is 0.558. The van der Waals surface area contributed by atoms with Gasteiger partial charge in [-0.05, 0) is 54.6 Å². The Bertz CT molecular complexity index is 1770. The third-order valence-corrected chi connectivity index (χ3v) is 6.67. The summed E-state index contributed by atoms with van der Waals surface area (Å²) in [7, 11) is -3.40. The molecule has 0 fully saturated rings. The molecule has 0 aliphatic carbocycles. The number of nitriles is 1. The number of benzene rings is 2. The van der Waals surface area contributed by atoms with Gasteiger partial charge in [0.1, 0.15) is 5.69 Å². The van der Waals surface area contributed by atoms with Gasteiger partial charge >= 0.3 is 0 Å². The molecule has 0 aliphatic heterocycles. The minimum atomic E-state index is -3.40. The number of sulfone groups is 1. The molecule has 0 saturated carbocycles. The summed E-state index contributed by atoms with van der Waals surface area (Å²) >= 11 is 6.48. The summed E-state index contributed by atoms with van der Waals surface area (Å²) in [4.78, 5) is 4.37. The number of rotatable bonds is 6. The van der Waals surface area contributed by atoms with Crippen LogP contribution in [0.15, 0.2) is 76.2 Å². The summed E-state index contributed by atoms with van der Waals surface area (Å²) in [6.07, 6.45) is 5.61. The highest BCUT2D eigenvalue weighted by Gasteiger charge is 2.18. The van der Waals surface area contributed by atoms with Gasteiger partial charge in [0.2, 0.25) is 11.8 Å². The summed E-state index contributed by atoms with van der Waals surface area (Å²) in [5, 5.41) is 26.1. The molecule has 10 nitrogen and oxygen atoms in total. The van der Waals surface area contributed by atoms with E-state index in [1.54, 1.807) is 65.3 Å². The first-order chi connectivity index (χ1) is 17.8. The monoisotopic (exact) mass is 545 g/mol.